The Bertz CT molecular complexity index is 620. The first-order valence-corrected chi connectivity index (χ1v) is 8.09. The van der Waals surface area contributed by atoms with Gasteiger partial charge in [0.25, 0.3) is 0 Å². The van der Waals surface area contributed by atoms with Crippen LogP contribution < -0.4 is 16.8 Å². The Kier molecular flexibility index (Phi) is 4.03. The summed E-state index contributed by atoms with van der Waals surface area (Å²) in [6.07, 6.45) is 2.91. The highest BCUT2D eigenvalue weighted by molar-refractivity contribution is 7.09. The molecule has 5 N–H and O–H groups in total. The molecule has 21 heavy (non-hydrogen) atoms. The van der Waals surface area contributed by atoms with Gasteiger partial charge >= 0.3 is 0 Å². The fraction of sp³-hybridized carbons (Fsp3) is 0.500. The molecule has 7 heteroatoms. The molecule has 0 amide bonds. The zero-order valence-corrected chi connectivity index (χ0v) is 12.9. The van der Waals surface area contributed by atoms with Gasteiger partial charge in [0.15, 0.2) is 0 Å². The van der Waals surface area contributed by atoms with Gasteiger partial charge in [0.2, 0.25) is 5.95 Å². The summed E-state index contributed by atoms with van der Waals surface area (Å²) in [6.45, 7) is 2.76. The van der Waals surface area contributed by atoms with Crippen molar-refractivity contribution in [3.63, 3.8) is 0 Å². The van der Waals surface area contributed by atoms with E-state index in [9.17, 15) is 0 Å². The van der Waals surface area contributed by atoms with Gasteiger partial charge in [0.05, 0.1) is 17.9 Å². The van der Waals surface area contributed by atoms with Crippen LogP contribution in [-0.4, -0.2) is 21.0 Å². The maximum atomic E-state index is 5.84. The number of hydrogen-bond donors (Lipinski definition) is 3. The van der Waals surface area contributed by atoms with E-state index < -0.39 is 0 Å². The summed E-state index contributed by atoms with van der Waals surface area (Å²) in [7, 11) is 0. The molecular formula is C14H20N6S. The predicted molar refractivity (Wildman–Crippen MR) is 85.2 cm³/mol. The zero-order chi connectivity index (χ0) is 14.8. The molecule has 0 bridgehead atoms. The second-order valence-corrected chi connectivity index (χ2v) is 6.35. The third-order valence-electron chi connectivity index (χ3n) is 3.74. The van der Waals surface area contributed by atoms with Crippen LogP contribution in [0.5, 0.6) is 0 Å². The number of nitrogens with two attached hydrogens (primary N) is 2. The number of thiazole rings is 1. The molecule has 1 fully saturated rings. The molecule has 0 saturated heterocycles. The van der Waals surface area contributed by atoms with Gasteiger partial charge in [-0.15, -0.1) is 11.3 Å². The summed E-state index contributed by atoms with van der Waals surface area (Å²) < 4.78 is 0. The third kappa shape index (κ3) is 3.30. The lowest BCUT2D eigenvalue weighted by Gasteiger charge is -2.32. The van der Waals surface area contributed by atoms with Gasteiger partial charge in [0.1, 0.15) is 10.8 Å². The number of nitrogens with one attached hydrogen (secondary N) is 1. The summed E-state index contributed by atoms with van der Waals surface area (Å²) in [6, 6.07) is 2.27. The zero-order valence-electron chi connectivity index (χ0n) is 12.0. The van der Waals surface area contributed by atoms with Crippen molar-refractivity contribution < 1.29 is 0 Å². The van der Waals surface area contributed by atoms with Crippen molar-refractivity contribution in [3.05, 3.63) is 27.8 Å². The minimum Gasteiger partial charge on any atom is -0.368 e. The number of rotatable bonds is 5. The van der Waals surface area contributed by atoms with E-state index >= 15 is 0 Å². The summed E-state index contributed by atoms with van der Waals surface area (Å²) in [5.74, 6) is 1.48. The smallest absolute Gasteiger partial charge is 0.222 e. The number of nitrogens with zero attached hydrogens (tertiary/aromatic N) is 3. The Balaban J connectivity index is 1.67. The van der Waals surface area contributed by atoms with Crippen LogP contribution in [0.1, 0.15) is 42.1 Å². The number of hydrogen-bond acceptors (Lipinski definition) is 7. The van der Waals surface area contributed by atoms with E-state index in [1.54, 1.807) is 11.3 Å². The number of aromatic nitrogens is 3. The molecule has 0 aliphatic heterocycles. The molecule has 0 aromatic carbocycles. The first-order chi connectivity index (χ1) is 10.1. The summed E-state index contributed by atoms with van der Waals surface area (Å²) >= 11 is 1.66. The molecular weight excluding hydrogens is 284 g/mol. The Hall–Kier alpha value is -1.73. The van der Waals surface area contributed by atoms with E-state index in [2.05, 4.69) is 32.6 Å². The lowest BCUT2D eigenvalue weighted by molar-refractivity contribution is 0.345. The summed E-state index contributed by atoms with van der Waals surface area (Å²) in [5.41, 5.74) is 13.7. The van der Waals surface area contributed by atoms with Crippen molar-refractivity contribution in [2.75, 3.05) is 11.1 Å². The first-order valence-electron chi connectivity index (χ1n) is 7.21. The Morgan fingerprint density at radius 1 is 1.33 bits per heavy atom. The Morgan fingerprint density at radius 3 is 2.81 bits per heavy atom. The number of nitrogen functional groups attached to an aromatic ring is 1. The average Bonchev–Trinajstić information content (AvgIpc) is 2.89. The van der Waals surface area contributed by atoms with Crippen LogP contribution in [-0.2, 0) is 13.0 Å². The predicted octanol–water partition coefficient (Wildman–Crippen LogP) is 1.89. The second-order valence-electron chi connectivity index (χ2n) is 5.40. The highest BCUT2D eigenvalue weighted by Crippen LogP contribution is 2.35. The topological polar surface area (TPSA) is 103 Å². The largest absolute Gasteiger partial charge is 0.368 e. The Labute approximate surface area is 128 Å². The average molecular weight is 304 g/mol. The lowest BCUT2D eigenvalue weighted by atomic mass is 9.78. The summed E-state index contributed by atoms with van der Waals surface area (Å²) in [5, 5.41) is 6.42. The maximum Gasteiger partial charge on any atom is 0.222 e. The molecule has 0 unspecified atom stereocenters. The fourth-order valence-electron chi connectivity index (χ4n) is 2.45. The minimum absolute atomic E-state index is 0.297. The van der Waals surface area contributed by atoms with Crippen molar-refractivity contribution in [1.29, 1.82) is 0 Å². The molecule has 1 saturated carbocycles. The highest BCUT2D eigenvalue weighted by atomic mass is 32.1. The molecule has 2 aromatic heterocycles. The molecule has 2 heterocycles. The molecule has 0 atom stereocenters. The van der Waals surface area contributed by atoms with Crippen LogP contribution in [0.15, 0.2) is 11.4 Å². The van der Waals surface area contributed by atoms with Crippen LogP contribution in [0.4, 0.5) is 11.8 Å². The van der Waals surface area contributed by atoms with Crippen molar-refractivity contribution >= 4 is 23.1 Å². The monoisotopic (exact) mass is 304 g/mol. The van der Waals surface area contributed by atoms with E-state index in [1.807, 2.05) is 6.07 Å². The van der Waals surface area contributed by atoms with Crippen molar-refractivity contribution in [2.24, 2.45) is 5.73 Å². The van der Waals surface area contributed by atoms with E-state index in [1.165, 1.54) is 0 Å². The third-order valence-corrected chi connectivity index (χ3v) is 4.64. The Morgan fingerprint density at radius 2 is 2.14 bits per heavy atom. The maximum absolute atomic E-state index is 5.84. The highest BCUT2D eigenvalue weighted by Gasteiger charge is 2.29. The van der Waals surface area contributed by atoms with Gasteiger partial charge in [-0.1, -0.05) is 6.92 Å². The van der Waals surface area contributed by atoms with Gasteiger partial charge in [-0.05, 0) is 19.3 Å². The normalized spacial score (nSPS) is 21.0. The molecule has 6 nitrogen and oxygen atoms in total. The van der Waals surface area contributed by atoms with E-state index in [0.29, 0.717) is 24.5 Å². The fourth-order valence-corrected chi connectivity index (χ4v) is 3.26. The molecule has 1 aliphatic carbocycles. The van der Waals surface area contributed by atoms with Crippen molar-refractivity contribution in [1.82, 2.24) is 15.0 Å². The molecule has 1 aliphatic rings. The quantitative estimate of drug-likeness (QED) is 0.779. The van der Waals surface area contributed by atoms with Gasteiger partial charge in [-0.25, -0.2) is 9.97 Å². The van der Waals surface area contributed by atoms with Gasteiger partial charge < -0.3 is 16.8 Å². The van der Waals surface area contributed by atoms with Crippen molar-refractivity contribution in [2.45, 2.75) is 44.7 Å². The van der Waals surface area contributed by atoms with E-state index in [0.717, 1.165) is 41.5 Å². The van der Waals surface area contributed by atoms with Crippen LogP contribution >= 0.6 is 11.3 Å². The molecule has 0 radical (unpaired) electrons. The molecule has 112 valence electrons. The van der Waals surface area contributed by atoms with Gasteiger partial charge in [-0.3, -0.25) is 0 Å². The molecule has 0 spiro atoms. The molecule has 2 aromatic rings. The van der Waals surface area contributed by atoms with Gasteiger partial charge in [-0.2, -0.15) is 4.98 Å². The summed E-state index contributed by atoms with van der Waals surface area (Å²) in [4.78, 5) is 13.1. The van der Waals surface area contributed by atoms with E-state index in [4.69, 9.17) is 11.5 Å². The SMILES string of the molecule is CCc1csc(CNc2cc(C3CC(N)C3)nc(N)n2)n1. The van der Waals surface area contributed by atoms with Crippen LogP contribution in [0.2, 0.25) is 0 Å². The number of anilines is 2. The second kappa shape index (κ2) is 5.95. The van der Waals surface area contributed by atoms with Crippen molar-refractivity contribution in [3.8, 4) is 0 Å². The minimum atomic E-state index is 0.297. The number of aryl methyl sites for hydroxylation is 1. The molecule has 3 rings (SSSR count). The lowest BCUT2D eigenvalue weighted by Crippen LogP contribution is -2.35. The van der Waals surface area contributed by atoms with Crippen LogP contribution in [0, 0.1) is 0 Å². The van der Waals surface area contributed by atoms with Crippen LogP contribution in [0.25, 0.3) is 0 Å². The standard InChI is InChI=1S/C14H20N6S/c1-2-10-7-21-13(18-10)6-17-12-5-11(19-14(16)20-12)8-3-9(15)4-8/h5,7-9H,2-4,6,15H2,1H3,(H3,16,17,19,20). The first kappa shape index (κ1) is 14.2. The van der Waals surface area contributed by atoms with E-state index in [-0.39, 0.29) is 0 Å². The van der Waals surface area contributed by atoms with Gasteiger partial charge in [0, 0.05) is 23.4 Å². The van der Waals surface area contributed by atoms with Crippen LogP contribution in [0.3, 0.4) is 0 Å².